The fraction of sp³-hybridized carbons (Fsp3) is 0.462. The van der Waals surface area contributed by atoms with Crippen LogP contribution in [0, 0.1) is 0 Å². The van der Waals surface area contributed by atoms with Crippen LogP contribution in [0.15, 0.2) is 18.2 Å². The van der Waals surface area contributed by atoms with Gasteiger partial charge in [-0.15, -0.1) is 0 Å². The third kappa shape index (κ3) is 2.58. The van der Waals surface area contributed by atoms with E-state index in [-0.39, 0.29) is 12.3 Å². The van der Waals surface area contributed by atoms with Crippen molar-refractivity contribution in [2.45, 2.75) is 37.7 Å². The second-order valence-electron chi connectivity index (χ2n) is 5.18. The number of hydrogen-bond acceptors (Lipinski definition) is 4. The van der Waals surface area contributed by atoms with Crippen LogP contribution in [0.1, 0.15) is 32.1 Å². The minimum atomic E-state index is -0.817. The number of H-pyrrole nitrogens is 1. The van der Waals surface area contributed by atoms with Crippen LogP contribution in [-0.4, -0.2) is 32.0 Å². The smallest absolute Gasteiger partial charge is 0.227 e. The summed E-state index contributed by atoms with van der Waals surface area (Å²) in [6, 6.07) is 5.33. The molecule has 2 aromatic rings. The normalized spacial score (nSPS) is 17.7. The van der Waals surface area contributed by atoms with Crippen molar-refractivity contribution < 1.29 is 9.90 Å². The molecule has 1 fully saturated rings. The molecular formula is C13H16N4O2. The van der Waals surface area contributed by atoms with Gasteiger partial charge in [0, 0.05) is 5.69 Å². The van der Waals surface area contributed by atoms with E-state index < -0.39 is 5.60 Å². The predicted octanol–water partition coefficient (Wildman–Crippen LogP) is 1.59. The van der Waals surface area contributed by atoms with Gasteiger partial charge in [0.05, 0.1) is 12.0 Å². The Hall–Kier alpha value is -1.95. The number of hydrogen-bond donors (Lipinski definition) is 3. The molecule has 0 radical (unpaired) electrons. The van der Waals surface area contributed by atoms with E-state index in [1.54, 1.807) is 18.2 Å². The van der Waals surface area contributed by atoms with E-state index in [9.17, 15) is 9.90 Å². The molecule has 1 aliphatic rings. The highest BCUT2D eigenvalue weighted by molar-refractivity contribution is 5.93. The van der Waals surface area contributed by atoms with Gasteiger partial charge in [-0.3, -0.25) is 4.79 Å². The molecule has 1 heterocycles. The Kier molecular flexibility index (Phi) is 2.94. The standard InChI is InChI=1S/C13H16N4O2/c18-12(8-13(19)5-1-2-6-13)14-9-3-4-10-11(7-9)16-17-15-10/h3-4,7,19H,1-2,5-6,8H2,(H,14,18)(H,15,16,17). The first kappa shape index (κ1) is 12.1. The molecule has 19 heavy (non-hydrogen) atoms. The summed E-state index contributed by atoms with van der Waals surface area (Å²) in [7, 11) is 0. The van der Waals surface area contributed by atoms with Crippen molar-refractivity contribution in [2.24, 2.45) is 0 Å². The summed E-state index contributed by atoms with van der Waals surface area (Å²) in [5.41, 5.74) is 1.32. The van der Waals surface area contributed by atoms with Crippen LogP contribution in [0.4, 0.5) is 5.69 Å². The van der Waals surface area contributed by atoms with E-state index in [2.05, 4.69) is 20.7 Å². The number of anilines is 1. The summed E-state index contributed by atoms with van der Waals surface area (Å²) in [6.07, 6.45) is 3.57. The molecule has 3 rings (SSSR count). The molecule has 100 valence electrons. The highest BCUT2D eigenvalue weighted by Crippen LogP contribution is 2.32. The van der Waals surface area contributed by atoms with E-state index in [1.807, 2.05) is 0 Å². The molecule has 1 aromatic heterocycles. The molecule has 1 aliphatic carbocycles. The highest BCUT2D eigenvalue weighted by Gasteiger charge is 2.33. The van der Waals surface area contributed by atoms with E-state index >= 15 is 0 Å². The average molecular weight is 260 g/mol. The quantitative estimate of drug-likeness (QED) is 0.781. The molecule has 1 aromatic carbocycles. The van der Waals surface area contributed by atoms with Crippen LogP contribution in [-0.2, 0) is 4.79 Å². The molecule has 1 amide bonds. The number of aromatic nitrogens is 3. The number of nitrogens with one attached hydrogen (secondary N) is 2. The molecule has 0 spiro atoms. The number of aromatic amines is 1. The molecule has 0 atom stereocenters. The van der Waals surface area contributed by atoms with Crippen LogP contribution < -0.4 is 5.32 Å². The van der Waals surface area contributed by atoms with Crippen LogP contribution in [0.2, 0.25) is 0 Å². The van der Waals surface area contributed by atoms with E-state index in [0.717, 1.165) is 18.4 Å². The fourth-order valence-electron chi connectivity index (χ4n) is 2.63. The van der Waals surface area contributed by atoms with Crippen molar-refractivity contribution in [3.63, 3.8) is 0 Å². The molecule has 0 saturated heterocycles. The van der Waals surface area contributed by atoms with Gasteiger partial charge in [-0.25, -0.2) is 0 Å². The number of amides is 1. The number of aliphatic hydroxyl groups is 1. The van der Waals surface area contributed by atoms with Gasteiger partial charge in [0.1, 0.15) is 11.0 Å². The zero-order valence-corrected chi connectivity index (χ0v) is 10.5. The topological polar surface area (TPSA) is 90.9 Å². The molecule has 3 N–H and O–H groups in total. The largest absolute Gasteiger partial charge is 0.389 e. The third-order valence-corrected chi connectivity index (χ3v) is 3.62. The Morgan fingerprint density at radius 2 is 2.05 bits per heavy atom. The summed E-state index contributed by atoms with van der Waals surface area (Å²) in [5.74, 6) is -0.160. The fourth-order valence-corrected chi connectivity index (χ4v) is 2.63. The van der Waals surface area contributed by atoms with Gasteiger partial charge < -0.3 is 10.4 Å². The molecule has 6 nitrogen and oxygen atoms in total. The molecule has 1 saturated carbocycles. The summed E-state index contributed by atoms with van der Waals surface area (Å²) in [6.45, 7) is 0. The number of carbonyl (C=O) groups is 1. The minimum absolute atomic E-state index is 0.157. The van der Waals surface area contributed by atoms with Crippen LogP contribution >= 0.6 is 0 Å². The first-order valence-electron chi connectivity index (χ1n) is 6.47. The van der Waals surface area contributed by atoms with Gasteiger partial charge in [-0.1, -0.05) is 12.8 Å². The highest BCUT2D eigenvalue weighted by atomic mass is 16.3. The Morgan fingerprint density at radius 3 is 2.84 bits per heavy atom. The Bertz CT molecular complexity index is 601. The zero-order valence-electron chi connectivity index (χ0n) is 10.5. The lowest BCUT2D eigenvalue weighted by Gasteiger charge is -2.21. The van der Waals surface area contributed by atoms with Crippen LogP contribution in [0.3, 0.4) is 0 Å². The van der Waals surface area contributed by atoms with Gasteiger partial charge in [-0.05, 0) is 31.0 Å². The second-order valence-corrected chi connectivity index (χ2v) is 5.18. The number of rotatable bonds is 3. The number of benzene rings is 1. The van der Waals surface area contributed by atoms with Gasteiger partial charge >= 0.3 is 0 Å². The summed E-state index contributed by atoms with van der Waals surface area (Å²) >= 11 is 0. The third-order valence-electron chi connectivity index (χ3n) is 3.62. The zero-order chi connectivity index (χ0) is 13.3. The Balaban J connectivity index is 1.68. The van der Waals surface area contributed by atoms with Crippen LogP contribution in [0.5, 0.6) is 0 Å². The van der Waals surface area contributed by atoms with Crippen molar-refractivity contribution in [3.8, 4) is 0 Å². The van der Waals surface area contributed by atoms with E-state index in [4.69, 9.17) is 0 Å². The van der Waals surface area contributed by atoms with Gasteiger partial charge in [0.2, 0.25) is 5.91 Å². The molecule has 0 unspecified atom stereocenters. The van der Waals surface area contributed by atoms with Crippen molar-refractivity contribution >= 4 is 22.6 Å². The van der Waals surface area contributed by atoms with Crippen LogP contribution in [0.25, 0.3) is 11.0 Å². The van der Waals surface area contributed by atoms with Gasteiger partial charge in [0.15, 0.2) is 0 Å². The lowest BCUT2D eigenvalue weighted by molar-refractivity contribution is -0.120. The molecule has 0 bridgehead atoms. The predicted molar refractivity (Wildman–Crippen MR) is 70.6 cm³/mol. The second kappa shape index (κ2) is 4.62. The number of nitrogens with zero attached hydrogens (tertiary/aromatic N) is 2. The van der Waals surface area contributed by atoms with Crippen molar-refractivity contribution in [1.29, 1.82) is 0 Å². The maximum atomic E-state index is 11.9. The maximum Gasteiger partial charge on any atom is 0.227 e. The summed E-state index contributed by atoms with van der Waals surface area (Å²) < 4.78 is 0. The number of fused-ring (bicyclic) bond motifs is 1. The van der Waals surface area contributed by atoms with Crippen molar-refractivity contribution in [1.82, 2.24) is 15.4 Å². The summed E-state index contributed by atoms with van der Waals surface area (Å²) in [5, 5.41) is 23.4. The maximum absolute atomic E-state index is 11.9. The van der Waals surface area contributed by atoms with Gasteiger partial charge in [0.25, 0.3) is 0 Å². The van der Waals surface area contributed by atoms with E-state index in [1.165, 1.54) is 0 Å². The summed E-state index contributed by atoms with van der Waals surface area (Å²) in [4.78, 5) is 11.9. The SMILES string of the molecule is O=C(CC1(O)CCCC1)Nc1ccc2n[nH]nc2c1. The molecule has 6 heteroatoms. The Morgan fingerprint density at radius 1 is 1.32 bits per heavy atom. The minimum Gasteiger partial charge on any atom is -0.389 e. The lowest BCUT2D eigenvalue weighted by atomic mass is 9.97. The molecular weight excluding hydrogens is 244 g/mol. The molecule has 0 aliphatic heterocycles. The first-order valence-corrected chi connectivity index (χ1v) is 6.47. The van der Waals surface area contributed by atoms with E-state index in [0.29, 0.717) is 24.0 Å². The van der Waals surface area contributed by atoms with Crippen molar-refractivity contribution in [3.05, 3.63) is 18.2 Å². The monoisotopic (exact) mass is 260 g/mol. The lowest BCUT2D eigenvalue weighted by Crippen LogP contribution is -2.30. The number of carbonyl (C=O) groups excluding carboxylic acids is 1. The average Bonchev–Trinajstić information content (AvgIpc) is 2.97. The van der Waals surface area contributed by atoms with Crippen molar-refractivity contribution in [2.75, 3.05) is 5.32 Å². The van der Waals surface area contributed by atoms with Gasteiger partial charge in [-0.2, -0.15) is 15.4 Å². The Labute approximate surface area is 110 Å². The first-order chi connectivity index (χ1) is 9.15.